The van der Waals surface area contributed by atoms with Gasteiger partial charge in [0.15, 0.2) is 0 Å². The van der Waals surface area contributed by atoms with Crippen LogP contribution in [0.15, 0.2) is 0 Å². The van der Waals surface area contributed by atoms with Crippen molar-refractivity contribution < 1.29 is 4.18 Å². The molecule has 0 aliphatic rings. The second kappa shape index (κ2) is 5.52. The van der Waals surface area contributed by atoms with Gasteiger partial charge >= 0.3 is 0 Å². The summed E-state index contributed by atoms with van der Waals surface area (Å²) in [6, 6.07) is 0. The van der Waals surface area contributed by atoms with Gasteiger partial charge in [-0.2, -0.15) is 0 Å². The lowest BCUT2D eigenvalue weighted by atomic mass is 10.4. The highest BCUT2D eigenvalue weighted by Gasteiger charge is 2.33. The number of hydrogen-bond acceptors (Lipinski definition) is 2. The molecule has 0 unspecified atom stereocenters. The average Bonchev–Trinajstić information content (AvgIpc) is 2.00. The molecule has 0 heterocycles. The normalized spacial score (nSPS) is 14.6. The van der Waals surface area contributed by atoms with Crippen LogP contribution in [0.4, 0.5) is 0 Å². The fourth-order valence-electron chi connectivity index (χ4n) is 1.04. The minimum absolute atomic E-state index is 0.0432. The minimum Gasteiger partial charge on any atom is -0.300 e. The summed E-state index contributed by atoms with van der Waals surface area (Å²) in [5.41, 5.74) is 0. The molecule has 0 amide bonds. The molecule has 0 saturated carbocycles. The molecule has 0 aliphatic heterocycles. The summed E-state index contributed by atoms with van der Waals surface area (Å²) < 4.78 is 5.74. The summed E-state index contributed by atoms with van der Waals surface area (Å²) in [5.74, 6) is 1.32. The van der Waals surface area contributed by atoms with Crippen LogP contribution in [0.25, 0.3) is 0 Å². The maximum absolute atomic E-state index is 5.74. The van der Waals surface area contributed by atoms with E-state index in [9.17, 15) is 0 Å². The van der Waals surface area contributed by atoms with Gasteiger partial charge in [0.2, 0.25) is 0 Å². The van der Waals surface area contributed by atoms with Gasteiger partial charge in [-0.3, -0.25) is 0 Å². The standard InChI is InChI=1S/C10H24OS2/c1-7-8-9-13(5,6)10(2,3)11-12-4/h7-9H2,1-6H3. The van der Waals surface area contributed by atoms with Crippen molar-refractivity contribution in [1.82, 2.24) is 0 Å². The molecule has 0 N–H and O–H groups in total. The van der Waals surface area contributed by atoms with Crippen LogP contribution in [-0.4, -0.2) is 29.5 Å². The third-order valence-corrected chi connectivity index (χ3v) is 7.37. The first-order valence-electron chi connectivity index (χ1n) is 4.80. The lowest BCUT2D eigenvalue weighted by Crippen LogP contribution is -2.30. The highest BCUT2D eigenvalue weighted by atomic mass is 32.3. The molecule has 0 saturated heterocycles. The number of rotatable bonds is 6. The van der Waals surface area contributed by atoms with E-state index in [0.29, 0.717) is 0 Å². The van der Waals surface area contributed by atoms with Crippen LogP contribution in [0.2, 0.25) is 0 Å². The first-order chi connectivity index (χ1) is 5.87. The molecule has 13 heavy (non-hydrogen) atoms. The van der Waals surface area contributed by atoms with Gasteiger partial charge in [-0.15, -0.1) is 0 Å². The summed E-state index contributed by atoms with van der Waals surface area (Å²) in [5, 5.41) is 0. The molecule has 0 aliphatic carbocycles. The van der Waals surface area contributed by atoms with Crippen LogP contribution in [0, 0.1) is 0 Å². The fourth-order valence-corrected chi connectivity index (χ4v) is 3.89. The van der Waals surface area contributed by atoms with Crippen LogP contribution in [0.5, 0.6) is 0 Å². The van der Waals surface area contributed by atoms with Crippen molar-refractivity contribution in [3.05, 3.63) is 0 Å². The van der Waals surface area contributed by atoms with Crippen LogP contribution in [0.1, 0.15) is 33.6 Å². The summed E-state index contributed by atoms with van der Waals surface area (Å²) in [7, 11) is -0.627. The maximum Gasteiger partial charge on any atom is 0.107 e. The van der Waals surface area contributed by atoms with E-state index in [1.165, 1.54) is 30.6 Å². The molecule has 0 aromatic rings. The Morgan fingerprint density at radius 1 is 1.31 bits per heavy atom. The van der Waals surface area contributed by atoms with Crippen molar-refractivity contribution in [2.75, 3.05) is 24.5 Å². The zero-order chi connectivity index (χ0) is 10.5. The van der Waals surface area contributed by atoms with Gasteiger partial charge in [0, 0.05) is 6.26 Å². The van der Waals surface area contributed by atoms with Crippen molar-refractivity contribution in [2.45, 2.75) is 38.5 Å². The predicted octanol–water partition coefficient (Wildman–Crippen LogP) is 3.88. The molecule has 0 aromatic carbocycles. The SMILES string of the molecule is CCCCS(C)(C)C(C)(C)OSC. The van der Waals surface area contributed by atoms with E-state index in [-0.39, 0.29) is 4.93 Å². The Morgan fingerprint density at radius 3 is 2.23 bits per heavy atom. The van der Waals surface area contributed by atoms with Crippen LogP contribution >= 0.6 is 22.1 Å². The van der Waals surface area contributed by atoms with E-state index >= 15 is 0 Å². The zero-order valence-corrected chi connectivity index (χ0v) is 11.5. The van der Waals surface area contributed by atoms with Crippen LogP contribution in [-0.2, 0) is 4.18 Å². The molecule has 0 radical (unpaired) electrons. The molecule has 0 aromatic heterocycles. The maximum atomic E-state index is 5.74. The molecule has 1 nitrogen and oxygen atoms in total. The summed E-state index contributed by atoms with van der Waals surface area (Å²) in [4.78, 5) is 0.0432. The van der Waals surface area contributed by atoms with Gasteiger partial charge in [-0.05, 0) is 50.6 Å². The third-order valence-electron chi connectivity index (χ3n) is 2.62. The Hall–Kier alpha value is 0.660. The minimum atomic E-state index is -0.627. The Kier molecular flexibility index (Phi) is 5.80. The van der Waals surface area contributed by atoms with Crippen LogP contribution in [0.3, 0.4) is 0 Å². The van der Waals surface area contributed by atoms with Crippen molar-refractivity contribution in [1.29, 1.82) is 0 Å². The summed E-state index contributed by atoms with van der Waals surface area (Å²) >= 11 is 1.49. The van der Waals surface area contributed by atoms with Crippen molar-refractivity contribution in [3.63, 3.8) is 0 Å². The van der Waals surface area contributed by atoms with E-state index in [1.807, 2.05) is 6.26 Å². The topological polar surface area (TPSA) is 9.23 Å². The molecular weight excluding hydrogens is 200 g/mol. The van der Waals surface area contributed by atoms with E-state index in [4.69, 9.17) is 4.18 Å². The second-order valence-corrected chi connectivity index (χ2v) is 9.21. The fraction of sp³-hybridized carbons (Fsp3) is 1.00. The van der Waals surface area contributed by atoms with E-state index < -0.39 is 10.0 Å². The van der Waals surface area contributed by atoms with Gasteiger partial charge in [-0.25, -0.2) is 10.0 Å². The third kappa shape index (κ3) is 4.13. The van der Waals surface area contributed by atoms with Gasteiger partial charge in [0.25, 0.3) is 0 Å². The highest BCUT2D eigenvalue weighted by Crippen LogP contribution is 2.55. The van der Waals surface area contributed by atoms with E-state index in [2.05, 4.69) is 33.3 Å². The molecule has 0 rings (SSSR count). The monoisotopic (exact) mass is 224 g/mol. The molecule has 0 spiro atoms. The number of hydrogen-bond donors (Lipinski definition) is 0. The van der Waals surface area contributed by atoms with Crippen molar-refractivity contribution in [2.24, 2.45) is 0 Å². The first kappa shape index (κ1) is 13.7. The van der Waals surface area contributed by atoms with Crippen molar-refractivity contribution >= 4 is 22.1 Å². The lowest BCUT2D eigenvalue weighted by molar-refractivity contribution is 0.245. The summed E-state index contributed by atoms with van der Waals surface area (Å²) in [6.45, 7) is 6.68. The molecule has 0 fully saturated rings. The van der Waals surface area contributed by atoms with E-state index in [1.54, 1.807) is 0 Å². The Balaban J connectivity index is 4.22. The average molecular weight is 224 g/mol. The van der Waals surface area contributed by atoms with Gasteiger partial charge in [0.1, 0.15) is 4.93 Å². The van der Waals surface area contributed by atoms with Gasteiger partial charge in [-0.1, -0.05) is 13.3 Å². The largest absolute Gasteiger partial charge is 0.300 e. The van der Waals surface area contributed by atoms with Crippen molar-refractivity contribution in [3.8, 4) is 0 Å². The Bertz CT molecular complexity index is 144. The van der Waals surface area contributed by atoms with Gasteiger partial charge in [0.05, 0.1) is 0 Å². The quantitative estimate of drug-likeness (QED) is 0.633. The first-order valence-corrected chi connectivity index (χ1v) is 8.56. The van der Waals surface area contributed by atoms with Crippen LogP contribution < -0.4 is 0 Å². The lowest BCUT2D eigenvalue weighted by Gasteiger charge is -2.45. The molecule has 0 bridgehead atoms. The smallest absolute Gasteiger partial charge is 0.107 e. The predicted molar refractivity (Wildman–Crippen MR) is 67.9 cm³/mol. The van der Waals surface area contributed by atoms with E-state index in [0.717, 1.165) is 0 Å². The highest BCUT2D eigenvalue weighted by molar-refractivity contribution is 8.33. The van der Waals surface area contributed by atoms with Gasteiger partial charge < -0.3 is 4.18 Å². The summed E-state index contributed by atoms with van der Waals surface area (Å²) in [6.07, 6.45) is 9.35. The molecule has 0 atom stereocenters. The molecule has 3 heteroatoms. The molecular formula is C10H24OS2. The second-order valence-electron chi connectivity index (χ2n) is 4.25. The molecule has 82 valence electrons. The number of unbranched alkanes of at least 4 members (excludes halogenated alkanes) is 1. The zero-order valence-electron chi connectivity index (χ0n) is 9.85. The Labute approximate surface area is 89.5 Å². The Morgan fingerprint density at radius 2 is 1.85 bits per heavy atom.